The minimum absolute atomic E-state index is 0.214. The Morgan fingerprint density at radius 3 is 2.75 bits per heavy atom. The maximum atomic E-state index is 12.8. The lowest BCUT2D eigenvalue weighted by atomic mass is 10.1. The fourth-order valence-corrected chi connectivity index (χ4v) is 2.23. The molecule has 0 aliphatic heterocycles. The molecule has 102 valence electrons. The van der Waals surface area contributed by atoms with E-state index in [1.54, 1.807) is 16.6 Å². The van der Waals surface area contributed by atoms with Crippen molar-refractivity contribution in [2.75, 3.05) is 11.9 Å². The number of nitrogens with zero attached hydrogens (tertiary/aromatic N) is 3. The lowest BCUT2D eigenvalue weighted by Gasteiger charge is -2.02. The lowest BCUT2D eigenvalue weighted by Crippen LogP contribution is -2.06. The molecule has 0 aliphatic rings. The van der Waals surface area contributed by atoms with Crippen LogP contribution in [0.2, 0.25) is 0 Å². The van der Waals surface area contributed by atoms with Crippen molar-refractivity contribution in [3.05, 3.63) is 58.4 Å². The molecule has 0 radical (unpaired) electrons. The van der Waals surface area contributed by atoms with Gasteiger partial charge in [0.05, 0.1) is 0 Å². The van der Waals surface area contributed by atoms with Crippen molar-refractivity contribution in [1.82, 2.24) is 14.6 Å². The third kappa shape index (κ3) is 2.96. The Labute approximate surface area is 123 Å². The number of hydrogen-bond donors (Lipinski definition) is 1. The summed E-state index contributed by atoms with van der Waals surface area (Å²) >= 11 is 3.39. The summed E-state index contributed by atoms with van der Waals surface area (Å²) in [5.41, 5.74) is 1.86. The molecular weight excluding hydrogens is 323 g/mol. The second kappa shape index (κ2) is 5.58. The smallest absolute Gasteiger partial charge is 0.243 e. The van der Waals surface area contributed by atoms with E-state index in [9.17, 15) is 4.39 Å². The second-order valence-corrected chi connectivity index (χ2v) is 5.30. The minimum Gasteiger partial charge on any atom is -0.353 e. The van der Waals surface area contributed by atoms with Gasteiger partial charge in [0, 0.05) is 17.2 Å². The van der Waals surface area contributed by atoms with Crippen LogP contribution in [0.4, 0.5) is 10.3 Å². The molecule has 4 nitrogen and oxygen atoms in total. The predicted molar refractivity (Wildman–Crippen MR) is 79.3 cm³/mol. The predicted octanol–water partition coefficient (Wildman–Crippen LogP) is 3.29. The summed E-state index contributed by atoms with van der Waals surface area (Å²) < 4.78 is 15.4. The molecule has 0 saturated heterocycles. The molecule has 1 N–H and O–H groups in total. The van der Waals surface area contributed by atoms with Crippen LogP contribution in [-0.4, -0.2) is 21.1 Å². The summed E-state index contributed by atoms with van der Waals surface area (Å²) in [6.07, 6.45) is 2.65. The van der Waals surface area contributed by atoms with Crippen LogP contribution < -0.4 is 5.32 Å². The molecule has 3 aromatic rings. The first-order chi connectivity index (χ1) is 9.70. The molecule has 6 heteroatoms. The first kappa shape index (κ1) is 13.1. The van der Waals surface area contributed by atoms with Crippen molar-refractivity contribution in [2.45, 2.75) is 6.42 Å². The van der Waals surface area contributed by atoms with Crippen LogP contribution >= 0.6 is 15.9 Å². The van der Waals surface area contributed by atoms with E-state index in [2.05, 4.69) is 31.3 Å². The maximum absolute atomic E-state index is 12.8. The molecule has 20 heavy (non-hydrogen) atoms. The van der Waals surface area contributed by atoms with Gasteiger partial charge in [0.1, 0.15) is 5.82 Å². The Balaban J connectivity index is 1.63. The van der Waals surface area contributed by atoms with E-state index >= 15 is 0 Å². The third-order valence-corrected chi connectivity index (χ3v) is 3.37. The standard InChI is InChI=1S/C14H12BrFN4/c15-11-3-6-13-18-14(19-20(13)9-11)17-8-7-10-1-4-12(16)5-2-10/h1-6,9H,7-8H2,(H,17,19). The number of anilines is 1. The Hall–Kier alpha value is -1.95. The van der Waals surface area contributed by atoms with E-state index in [1.807, 2.05) is 18.3 Å². The van der Waals surface area contributed by atoms with Gasteiger partial charge in [0.15, 0.2) is 5.65 Å². The monoisotopic (exact) mass is 334 g/mol. The van der Waals surface area contributed by atoms with Gasteiger partial charge < -0.3 is 5.32 Å². The Morgan fingerprint density at radius 1 is 1.15 bits per heavy atom. The fourth-order valence-electron chi connectivity index (χ4n) is 1.90. The fraction of sp³-hybridized carbons (Fsp3) is 0.143. The van der Waals surface area contributed by atoms with Crippen LogP contribution in [0.15, 0.2) is 47.1 Å². The summed E-state index contributed by atoms with van der Waals surface area (Å²) in [7, 11) is 0. The number of halogens is 2. The highest BCUT2D eigenvalue weighted by Gasteiger charge is 2.03. The molecule has 0 atom stereocenters. The zero-order valence-electron chi connectivity index (χ0n) is 10.6. The number of fused-ring (bicyclic) bond motifs is 1. The van der Waals surface area contributed by atoms with E-state index in [4.69, 9.17) is 0 Å². The number of rotatable bonds is 4. The molecule has 0 aliphatic carbocycles. The van der Waals surface area contributed by atoms with E-state index in [1.165, 1.54) is 12.1 Å². The van der Waals surface area contributed by atoms with Crippen molar-refractivity contribution >= 4 is 27.5 Å². The maximum Gasteiger partial charge on any atom is 0.243 e. The highest BCUT2D eigenvalue weighted by Crippen LogP contribution is 2.12. The van der Waals surface area contributed by atoms with Crippen LogP contribution in [0.25, 0.3) is 5.65 Å². The number of benzene rings is 1. The van der Waals surface area contributed by atoms with Crippen LogP contribution in [0.3, 0.4) is 0 Å². The highest BCUT2D eigenvalue weighted by molar-refractivity contribution is 9.10. The molecule has 1 aromatic carbocycles. The van der Waals surface area contributed by atoms with Gasteiger partial charge in [0.25, 0.3) is 0 Å². The van der Waals surface area contributed by atoms with Crippen LogP contribution in [-0.2, 0) is 6.42 Å². The normalized spacial score (nSPS) is 10.9. The van der Waals surface area contributed by atoms with E-state index in [-0.39, 0.29) is 5.82 Å². The number of aromatic nitrogens is 3. The van der Waals surface area contributed by atoms with Gasteiger partial charge in [-0.05, 0) is 52.2 Å². The lowest BCUT2D eigenvalue weighted by molar-refractivity contribution is 0.627. The molecule has 2 heterocycles. The first-order valence-electron chi connectivity index (χ1n) is 6.21. The highest BCUT2D eigenvalue weighted by atomic mass is 79.9. The summed E-state index contributed by atoms with van der Waals surface area (Å²) in [6, 6.07) is 10.3. The molecule has 3 rings (SSSR count). The van der Waals surface area contributed by atoms with Crippen molar-refractivity contribution in [3.63, 3.8) is 0 Å². The number of nitrogens with one attached hydrogen (secondary N) is 1. The van der Waals surface area contributed by atoms with Gasteiger partial charge in [-0.3, -0.25) is 0 Å². The summed E-state index contributed by atoms with van der Waals surface area (Å²) in [6.45, 7) is 0.698. The second-order valence-electron chi connectivity index (χ2n) is 4.39. The molecule has 0 unspecified atom stereocenters. The Bertz CT molecular complexity index is 724. The SMILES string of the molecule is Fc1ccc(CCNc2nc3ccc(Br)cn3n2)cc1. The number of pyridine rings is 1. The van der Waals surface area contributed by atoms with Crippen molar-refractivity contribution in [3.8, 4) is 0 Å². The van der Waals surface area contributed by atoms with Crippen LogP contribution in [0, 0.1) is 5.82 Å². The van der Waals surface area contributed by atoms with Crippen molar-refractivity contribution in [1.29, 1.82) is 0 Å². The van der Waals surface area contributed by atoms with Crippen molar-refractivity contribution < 1.29 is 4.39 Å². The molecule has 0 fully saturated rings. The van der Waals surface area contributed by atoms with Crippen LogP contribution in [0.5, 0.6) is 0 Å². The molecule has 2 aromatic heterocycles. The molecular formula is C14H12BrFN4. The van der Waals surface area contributed by atoms with E-state index in [0.717, 1.165) is 22.1 Å². The minimum atomic E-state index is -0.214. The largest absolute Gasteiger partial charge is 0.353 e. The topological polar surface area (TPSA) is 42.2 Å². The zero-order valence-corrected chi connectivity index (χ0v) is 12.1. The zero-order chi connectivity index (χ0) is 13.9. The van der Waals surface area contributed by atoms with Gasteiger partial charge in [0.2, 0.25) is 5.95 Å². The Morgan fingerprint density at radius 2 is 1.95 bits per heavy atom. The Kier molecular flexibility index (Phi) is 3.64. The molecule has 0 bridgehead atoms. The van der Waals surface area contributed by atoms with Crippen molar-refractivity contribution in [2.24, 2.45) is 0 Å². The molecule has 0 amide bonds. The first-order valence-corrected chi connectivity index (χ1v) is 7.00. The van der Waals surface area contributed by atoms with Crippen LogP contribution in [0.1, 0.15) is 5.56 Å². The van der Waals surface area contributed by atoms with Gasteiger partial charge in [-0.25, -0.2) is 8.91 Å². The molecule has 0 saturated carbocycles. The average molecular weight is 335 g/mol. The molecule has 0 spiro atoms. The summed E-state index contributed by atoms with van der Waals surface area (Å²) in [5, 5.41) is 7.49. The van der Waals surface area contributed by atoms with Gasteiger partial charge in [-0.1, -0.05) is 12.1 Å². The van der Waals surface area contributed by atoms with E-state index < -0.39 is 0 Å². The number of hydrogen-bond acceptors (Lipinski definition) is 3. The van der Waals surface area contributed by atoms with Gasteiger partial charge in [-0.2, -0.15) is 4.98 Å². The van der Waals surface area contributed by atoms with E-state index in [0.29, 0.717) is 12.5 Å². The van der Waals surface area contributed by atoms with Gasteiger partial charge in [-0.15, -0.1) is 5.10 Å². The summed E-state index contributed by atoms with van der Waals surface area (Å²) in [5.74, 6) is 0.375. The third-order valence-electron chi connectivity index (χ3n) is 2.90. The summed E-state index contributed by atoms with van der Waals surface area (Å²) in [4.78, 5) is 4.36. The van der Waals surface area contributed by atoms with Gasteiger partial charge >= 0.3 is 0 Å². The average Bonchev–Trinajstić information content (AvgIpc) is 2.83. The quantitative estimate of drug-likeness (QED) is 0.796.